The number of pyridine rings is 1. The van der Waals surface area contributed by atoms with Gasteiger partial charge in [-0.1, -0.05) is 18.2 Å². The van der Waals surface area contributed by atoms with Gasteiger partial charge in [0.05, 0.1) is 12.2 Å². The summed E-state index contributed by atoms with van der Waals surface area (Å²) < 4.78 is 28.6. The van der Waals surface area contributed by atoms with Crippen molar-refractivity contribution in [2.24, 2.45) is 4.99 Å². The van der Waals surface area contributed by atoms with Crippen molar-refractivity contribution in [1.29, 1.82) is 0 Å². The number of halogens is 2. The largest absolute Gasteiger partial charge is 0.435 e. The number of aromatic nitrogens is 1. The Hall–Kier alpha value is -2.70. The average molecular weight is 348 g/mol. The van der Waals surface area contributed by atoms with Crippen LogP contribution in [0, 0.1) is 6.92 Å². The molecule has 1 aromatic heterocycles. The molecule has 0 aliphatic heterocycles. The zero-order valence-electron chi connectivity index (χ0n) is 14.3. The number of nitrogens with one attached hydrogen (secondary N) is 2. The van der Waals surface area contributed by atoms with E-state index in [1.54, 1.807) is 37.5 Å². The molecule has 0 radical (unpaired) electrons. The van der Waals surface area contributed by atoms with Crippen molar-refractivity contribution in [3.05, 3.63) is 59.4 Å². The minimum atomic E-state index is -2.80. The van der Waals surface area contributed by atoms with E-state index in [9.17, 15) is 8.78 Å². The van der Waals surface area contributed by atoms with Crippen LogP contribution in [0.4, 0.5) is 8.78 Å². The highest BCUT2D eigenvalue weighted by atomic mass is 19.3. The normalized spacial score (nSPS) is 11.5. The fraction of sp³-hybridized carbons (Fsp3) is 0.333. The van der Waals surface area contributed by atoms with Gasteiger partial charge >= 0.3 is 6.61 Å². The smallest absolute Gasteiger partial charge is 0.387 e. The Labute approximate surface area is 146 Å². The van der Waals surface area contributed by atoms with Gasteiger partial charge in [0.25, 0.3) is 0 Å². The molecule has 0 saturated carbocycles. The van der Waals surface area contributed by atoms with E-state index >= 15 is 0 Å². The van der Waals surface area contributed by atoms with Crippen molar-refractivity contribution in [1.82, 2.24) is 15.6 Å². The number of ether oxygens (including phenoxy) is 1. The Bertz CT molecular complexity index is 690. The fourth-order valence-electron chi connectivity index (χ4n) is 2.25. The van der Waals surface area contributed by atoms with Crippen molar-refractivity contribution >= 4 is 5.96 Å². The molecule has 2 N–H and O–H groups in total. The Morgan fingerprint density at radius 2 is 1.96 bits per heavy atom. The van der Waals surface area contributed by atoms with Gasteiger partial charge < -0.3 is 15.4 Å². The van der Waals surface area contributed by atoms with Crippen LogP contribution < -0.4 is 15.4 Å². The minimum absolute atomic E-state index is 0.162. The molecule has 1 heterocycles. The van der Waals surface area contributed by atoms with Crippen LogP contribution in [0.25, 0.3) is 0 Å². The average Bonchev–Trinajstić information content (AvgIpc) is 2.60. The number of rotatable bonds is 7. The molecule has 2 aromatic rings. The molecule has 2 rings (SSSR count). The van der Waals surface area contributed by atoms with Crippen molar-refractivity contribution < 1.29 is 13.5 Å². The summed E-state index contributed by atoms with van der Waals surface area (Å²) in [5.74, 6) is 0.845. The third-order valence-electron chi connectivity index (χ3n) is 3.62. The van der Waals surface area contributed by atoms with Crippen LogP contribution >= 0.6 is 0 Å². The summed E-state index contributed by atoms with van der Waals surface area (Å²) in [5, 5.41) is 6.43. The Kier molecular flexibility index (Phi) is 7.13. The third-order valence-corrected chi connectivity index (χ3v) is 3.62. The van der Waals surface area contributed by atoms with Crippen molar-refractivity contribution in [3.63, 3.8) is 0 Å². The maximum absolute atomic E-state index is 12.1. The summed E-state index contributed by atoms with van der Waals surface area (Å²) in [6.07, 6.45) is 2.50. The number of guanidine groups is 1. The monoisotopic (exact) mass is 348 g/mol. The van der Waals surface area contributed by atoms with Crippen LogP contribution in [0.2, 0.25) is 0 Å². The lowest BCUT2D eigenvalue weighted by Crippen LogP contribution is -2.38. The van der Waals surface area contributed by atoms with Gasteiger partial charge in [-0.2, -0.15) is 8.78 Å². The van der Waals surface area contributed by atoms with Gasteiger partial charge in [0.1, 0.15) is 5.75 Å². The van der Waals surface area contributed by atoms with Gasteiger partial charge in [0.15, 0.2) is 5.96 Å². The molecule has 5 nitrogen and oxygen atoms in total. The number of aryl methyl sites for hydroxylation is 1. The number of alkyl halides is 2. The molecule has 0 bridgehead atoms. The maximum atomic E-state index is 12.1. The van der Waals surface area contributed by atoms with E-state index in [1.165, 1.54) is 0 Å². The standard InChI is InChI=1S/C18H22F2N4O/c1-13-4-3-10-22-16(13)12-24-18(21-2)23-11-9-14-5-7-15(8-6-14)25-17(19)20/h3-8,10,17H,9,11-12H2,1-2H3,(H2,21,23,24). The molecule has 25 heavy (non-hydrogen) atoms. The first-order chi connectivity index (χ1) is 12.1. The SMILES string of the molecule is CN=C(NCCc1ccc(OC(F)F)cc1)NCc1ncccc1C. The van der Waals surface area contributed by atoms with Gasteiger partial charge in [-0.25, -0.2) is 0 Å². The van der Waals surface area contributed by atoms with Crippen LogP contribution in [-0.4, -0.2) is 31.1 Å². The summed E-state index contributed by atoms with van der Waals surface area (Å²) >= 11 is 0. The van der Waals surface area contributed by atoms with Crippen molar-refractivity contribution in [2.45, 2.75) is 26.5 Å². The molecule has 0 aliphatic carbocycles. The van der Waals surface area contributed by atoms with Crippen LogP contribution in [0.5, 0.6) is 5.75 Å². The quantitative estimate of drug-likeness (QED) is 0.597. The Morgan fingerprint density at radius 3 is 2.60 bits per heavy atom. The zero-order chi connectivity index (χ0) is 18.1. The first-order valence-corrected chi connectivity index (χ1v) is 7.97. The fourth-order valence-corrected chi connectivity index (χ4v) is 2.25. The Balaban J connectivity index is 1.76. The number of aliphatic imine (C=N–C) groups is 1. The van der Waals surface area contributed by atoms with E-state index in [1.807, 2.05) is 19.1 Å². The third kappa shape index (κ3) is 6.37. The van der Waals surface area contributed by atoms with Gasteiger partial charge in [-0.3, -0.25) is 9.98 Å². The van der Waals surface area contributed by atoms with Gasteiger partial charge in [0.2, 0.25) is 0 Å². The lowest BCUT2D eigenvalue weighted by atomic mass is 10.1. The molecule has 0 saturated heterocycles. The summed E-state index contributed by atoms with van der Waals surface area (Å²) in [5.41, 5.74) is 3.11. The number of benzene rings is 1. The molecule has 0 aliphatic rings. The molecule has 0 unspecified atom stereocenters. The molecular weight excluding hydrogens is 326 g/mol. The molecule has 0 spiro atoms. The second-order valence-electron chi connectivity index (χ2n) is 5.39. The van der Waals surface area contributed by atoms with E-state index in [2.05, 4.69) is 25.3 Å². The molecule has 134 valence electrons. The molecule has 0 atom stereocenters. The van der Waals surface area contributed by atoms with Gasteiger partial charge in [0, 0.05) is 19.8 Å². The van der Waals surface area contributed by atoms with Crippen LogP contribution in [0.1, 0.15) is 16.8 Å². The number of nitrogens with zero attached hydrogens (tertiary/aromatic N) is 2. The van der Waals surface area contributed by atoms with E-state index in [4.69, 9.17) is 0 Å². The van der Waals surface area contributed by atoms with Crippen molar-refractivity contribution in [2.75, 3.05) is 13.6 Å². The highest BCUT2D eigenvalue weighted by Crippen LogP contribution is 2.14. The molecular formula is C18H22F2N4O. The first-order valence-electron chi connectivity index (χ1n) is 7.97. The molecule has 0 amide bonds. The van der Waals surface area contributed by atoms with E-state index in [0.717, 1.165) is 23.2 Å². The van der Waals surface area contributed by atoms with Gasteiger partial charge in [-0.15, -0.1) is 0 Å². The molecule has 1 aromatic carbocycles. The summed E-state index contributed by atoms with van der Waals surface area (Å²) in [6, 6.07) is 10.5. The maximum Gasteiger partial charge on any atom is 0.387 e. The molecule has 0 fully saturated rings. The lowest BCUT2D eigenvalue weighted by Gasteiger charge is -2.12. The summed E-state index contributed by atoms with van der Waals surface area (Å²) in [4.78, 5) is 8.50. The zero-order valence-corrected chi connectivity index (χ0v) is 14.3. The second-order valence-corrected chi connectivity index (χ2v) is 5.39. The first kappa shape index (κ1) is 18.6. The molecule has 7 heteroatoms. The van der Waals surface area contributed by atoms with E-state index in [-0.39, 0.29) is 5.75 Å². The predicted octanol–water partition coefficient (Wildman–Crippen LogP) is 2.90. The minimum Gasteiger partial charge on any atom is -0.435 e. The second kappa shape index (κ2) is 9.56. The van der Waals surface area contributed by atoms with Gasteiger partial charge in [-0.05, 0) is 42.7 Å². The predicted molar refractivity (Wildman–Crippen MR) is 94.0 cm³/mol. The lowest BCUT2D eigenvalue weighted by molar-refractivity contribution is -0.0498. The van der Waals surface area contributed by atoms with E-state index < -0.39 is 6.61 Å². The summed E-state index contributed by atoms with van der Waals surface area (Å²) in [6.45, 7) is 0.466. The number of hydrogen-bond donors (Lipinski definition) is 2. The Morgan fingerprint density at radius 1 is 1.20 bits per heavy atom. The van der Waals surface area contributed by atoms with E-state index in [0.29, 0.717) is 19.0 Å². The van der Waals surface area contributed by atoms with Crippen LogP contribution in [0.3, 0.4) is 0 Å². The number of hydrogen-bond acceptors (Lipinski definition) is 3. The van der Waals surface area contributed by atoms with Crippen molar-refractivity contribution in [3.8, 4) is 5.75 Å². The van der Waals surface area contributed by atoms with Crippen LogP contribution in [0.15, 0.2) is 47.6 Å². The highest BCUT2D eigenvalue weighted by Gasteiger charge is 2.04. The van der Waals surface area contributed by atoms with Crippen LogP contribution in [-0.2, 0) is 13.0 Å². The highest BCUT2D eigenvalue weighted by molar-refractivity contribution is 5.79. The summed E-state index contributed by atoms with van der Waals surface area (Å²) in [7, 11) is 1.71. The topological polar surface area (TPSA) is 58.5 Å².